The highest BCUT2D eigenvalue weighted by Gasteiger charge is 2.33. The van der Waals surface area contributed by atoms with E-state index >= 15 is 0 Å². The average molecular weight is 328 g/mol. The topological polar surface area (TPSA) is 60.3 Å². The largest absolute Gasteiger partial charge is 0.785 e. The van der Waals surface area contributed by atoms with Crippen LogP contribution in [0.4, 0.5) is 0 Å². The molecule has 130 valence electrons. The van der Waals surface area contributed by atoms with Crippen LogP contribution >= 0.6 is 0 Å². The summed E-state index contributed by atoms with van der Waals surface area (Å²) in [6.45, 7) is 6.49. The number of carbonyl (C=O) groups is 1. The third-order valence-corrected chi connectivity index (χ3v) is 5.07. The van der Waals surface area contributed by atoms with Crippen molar-refractivity contribution < 1.29 is 4.79 Å². The van der Waals surface area contributed by atoms with Crippen molar-refractivity contribution in [3.63, 3.8) is 0 Å². The van der Waals surface area contributed by atoms with E-state index in [2.05, 4.69) is 35.1 Å². The molecule has 5 nitrogen and oxygen atoms in total. The standard InChI is InChI=1S/C19H26N3O2/c1-12(2)9-18-19(23)20-16(11-22(18)24)13(3)15-10-21(4)17-8-6-5-7-14(15)17/h5-8,10,12-13,16,18H,9,11H2,1-4H3,(H,20,23)/q-1/t13-,16+,18-/m1/s1. The Balaban J connectivity index is 1.83. The zero-order valence-electron chi connectivity index (χ0n) is 14.8. The van der Waals surface area contributed by atoms with E-state index in [9.17, 15) is 10.0 Å². The van der Waals surface area contributed by atoms with Crippen LogP contribution in [0.25, 0.3) is 10.9 Å². The van der Waals surface area contributed by atoms with Crippen LogP contribution < -0.4 is 5.32 Å². The van der Waals surface area contributed by atoms with Gasteiger partial charge in [0.25, 0.3) is 0 Å². The van der Waals surface area contributed by atoms with Gasteiger partial charge < -0.3 is 20.2 Å². The van der Waals surface area contributed by atoms with E-state index in [4.69, 9.17) is 0 Å². The second-order valence-electron chi connectivity index (χ2n) is 7.36. The van der Waals surface area contributed by atoms with Gasteiger partial charge in [-0.1, -0.05) is 39.0 Å². The van der Waals surface area contributed by atoms with Gasteiger partial charge in [-0.05, 0) is 24.0 Å². The van der Waals surface area contributed by atoms with Gasteiger partial charge >= 0.3 is 0 Å². The Bertz CT molecular complexity index is 737. The molecular formula is C19H26N3O2-. The lowest BCUT2D eigenvalue weighted by Gasteiger charge is -2.46. The fraction of sp³-hybridized carbons (Fsp3) is 0.526. The Morgan fingerprint density at radius 3 is 2.67 bits per heavy atom. The predicted molar refractivity (Wildman–Crippen MR) is 96.6 cm³/mol. The molecule has 1 fully saturated rings. The van der Waals surface area contributed by atoms with Gasteiger partial charge in [-0.3, -0.25) is 4.79 Å². The van der Waals surface area contributed by atoms with Crippen molar-refractivity contribution in [2.24, 2.45) is 13.0 Å². The lowest BCUT2D eigenvalue weighted by Crippen LogP contribution is -2.59. The number of aromatic nitrogens is 1. The summed E-state index contributed by atoms with van der Waals surface area (Å²) in [5.74, 6) is 0.266. The number of carbonyl (C=O) groups excluding carboxylic acids is 1. The Labute approximate surface area is 143 Å². The molecule has 3 rings (SSSR count). The summed E-state index contributed by atoms with van der Waals surface area (Å²) < 4.78 is 2.10. The first kappa shape index (κ1) is 17.0. The number of piperazine rings is 1. The second kappa shape index (κ2) is 6.57. The minimum atomic E-state index is -0.555. The molecule has 0 saturated carbocycles. The number of hydroxylamine groups is 2. The maximum atomic E-state index is 12.4. The van der Waals surface area contributed by atoms with E-state index in [0.29, 0.717) is 18.9 Å². The number of rotatable bonds is 4. The first-order chi connectivity index (χ1) is 11.4. The van der Waals surface area contributed by atoms with Gasteiger partial charge in [0.2, 0.25) is 5.91 Å². The molecule has 0 aliphatic carbocycles. The van der Waals surface area contributed by atoms with Crippen molar-refractivity contribution in [1.82, 2.24) is 14.9 Å². The van der Waals surface area contributed by atoms with Crippen molar-refractivity contribution in [1.29, 1.82) is 0 Å². The van der Waals surface area contributed by atoms with Crippen LogP contribution in [0.15, 0.2) is 30.5 Å². The van der Waals surface area contributed by atoms with Crippen LogP contribution in [0.3, 0.4) is 0 Å². The van der Waals surface area contributed by atoms with Crippen molar-refractivity contribution in [3.8, 4) is 0 Å². The smallest absolute Gasteiger partial charge is 0.236 e. The highest BCUT2D eigenvalue weighted by molar-refractivity contribution is 5.85. The van der Waals surface area contributed by atoms with Crippen molar-refractivity contribution >= 4 is 16.8 Å². The molecular weight excluding hydrogens is 302 g/mol. The van der Waals surface area contributed by atoms with E-state index < -0.39 is 6.04 Å². The fourth-order valence-electron chi connectivity index (χ4n) is 3.68. The van der Waals surface area contributed by atoms with E-state index in [1.807, 2.05) is 33.0 Å². The van der Waals surface area contributed by atoms with Crippen LogP contribution in [0.5, 0.6) is 0 Å². The minimum absolute atomic E-state index is 0.0801. The highest BCUT2D eigenvalue weighted by atomic mass is 16.5. The predicted octanol–water partition coefficient (Wildman–Crippen LogP) is 2.99. The summed E-state index contributed by atoms with van der Waals surface area (Å²) in [4.78, 5) is 12.4. The normalized spacial score (nSPS) is 23.7. The SMILES string of the molecule is CC(C)C[C@@H]1C(=O)N[C@H]([C@H](C)c2cn(C)c3ccccc23)CN1[O-]. The number of para-hydroxylation sites is 1. The van der Waals surface area contributed by atoms with Crippen molar-refractivity contribution in [2.45, 2.75) is 45.2 Å². The summed E-state index contributed by atoms with van der Waals surface area (Å²) in [5, 5.41) is 17.7. The summed E-state index contributed by atoms with van der Waals surface area (Å²) >= 11 is 0. The lowest BCUT2D eigenvalue weighted by molar-refractivity contribution is -0.130. The number of aryl methyl sites for hydroxylation is 1. The van der Waals surface area contributed by atoms with Crippen LogP contribution in [0.2, 0.25) is 0 Å². The van der Waals surface area contributed by atoms with E-state index in [0.717, 1.165) is 10.6 Å². The molecule has 2 aromatic rings. The molecule has 24 heavy (non-hydrogen) atoms. The van der Waals surface area contributed by atoms with Gasteiger partial charge in [-0.25, -0.2) is 0 Å². The number of amides is 1. The molecule has 0 radical (unpaired) electrons. The maximum absolute atomic E-state index is 12.4. The number of hydrogen-bond acceptors (Lipinski definition) is 3. The molecule has 0 unspecified atom stereocenters. The zero-order valence-corrected chi connectivity index (χ0v) is 14.8. The molecule has 1 aliphatic rings. The van der Waals surface area contributed by atoms with Gasteiger partial charge in [0.05, 0.1) is 6.04 Å². The number of hydrogen-bond donors (Lipinski definition) is 1. The summed E-state index contributed by atoms with van der Waals surface area (Å²) in [6, 6.07) is 7.52. The van der Waals surface area contributed by atoms with Crippen LogP contribution in [-0.2, 0) is 11.8 Å². The third kappa shape index (κ3) is 3.06. The third-order valence-electron chi connectivity index (χ3n) is 5.07. The molecule has 1 aromatic heterocycles. The zero-order chi connectivity index (χ0) is 17.4. The first-order valence-electron chi connectivity index (χ1n) is 8.66. The molecule has 5 heteroatoms. The van der Waals surface area contributed by atoms with Crippen LogP contribution in [0.1, 0.15) is 38.7 Å². The van der Waals surface area contributed by atoms with Gasteiger partial charge in [0, 0.05) is 42.7 Å². The molecule has 1 N–H and O–H groups in total. The Kier molecular flexibility index (Phi) is 4.65. The fourth-order valence-corrected chi connectivity index (χ4v) is 3.68. The average Bonchev–Trinajstić information content (AvgIpc) is 2.87. The monoisotopic (exact) mass is 328 g/mol. The van der Waals surface area contributed by atoms with Gasteiger partial charge in [0.15, 0.2) is 0 Å². The Morgan fingerprint density at radius 1 is 1.29 bits per heavy atom. The summed E-state index contributed by atoms with van der Waals surface area (Å²) in [6.07, 6.45) is 2.71. The number of fused-ring (bicyclic) bond motifs is 1. The Hall–Kier alpha value is -1.85. The van der Waals surface area contributed by atoms with Gasteiger partial charge in [-0.15, -0.1) is 0 Å². The molecule has 0 bridgehead atoms. The van der Waals surface area contributed by atoms with E-state index in [-0.39, 0.29) is 17.9 Å². The lowest BCUT2D eigenvalue weighted by atomic mass is 9.90. The highest BCUT2D eigenvalue weighted by Crippen LogP contribution is 2.31. The molecule has 2 heterocycles. The second-order valence-corrected chi connectivity index (χ2v) is 7.36. The quantitative estimate of drug-likeness (QED) is 0.938. The molecule has 1 aliphatic heterocycles. The molecule has 1 saturated heterocycles. The van der Waals surface area contributed by atoms with Crippen molar-refractivity contribution in [3.05, 3.63) is 41.2 Å². The minimum Gasteiger partial charge on any atom is -0.785 e. The van der Waals surface area contributed by atoms with Crippen LogP contribution in [-0.4, -0.2) is 34.2 Å². The maximum Gasteiger partial charge on any atom is 0.236 e. The Morgan fingerprint density at radius 2 is 2.00 bits per heavy atom. The summed E-state index contributed by atoms with van der Waals surface area (Å²) in [5.41, 5.74) is 2.34. The molecule has 3 atom stereocenters. The molecule has 0 spiro atoms. The number of nitrogens with zero attached hydrogens (tertiary/aromatic N) is 2. The number of benzene rings is 1. The van der Waals surface area contributed by atoms with Crippen LogP contribution in [0, 0.1) is 11.1 Å². The molecule has 1 aromatic carbocycles. The van der Waals surface area contributed by atoms with E-state index in [1.54, 1.807) is 0 Å². The summed E-state index contributed by atoms with van der Waals surface area (Å²) in [7, 11) is 2.02. The van der Waals surface area contributed by atoms with Gasteiger partial charge in [-0.2, -0.15) is 0 Å². The van der Waals surface area contributed by atoms with E-state index in [1.165, 1.54) is 10.9 Å². The molecule has 1 amide bonds. The number of nitrogens with one attached hydrogen (secondary N) is 1. The van der Waals surface area contributed by atoms with Crippen molar-refractivity contribution in [2.75, 3.05) is 6.54 Å². The first-order valence-corrected chi connectivity index (χ1v) is 8.66. The van der Waals surface area contributed by atoms with Gasteiger partial charge in [0.1, 0.15) is 0 Å².